The average Bonchev–Trinajstić information content (AvgIpc) is 3.68. The molecule has 1 amide bonds. The van der Waals surface area contributed by atoms with E-state index in [-0.39, 0.29) is 17.4 Å². The molecule has 43 heavy (non-hydrogen) atoms. The zero-order valence-electron chi connectivity index (χ0n) is 23.6. The summed E-state index contributed by atoms with van der Waals surface area (Å²) in [4.78, 5) is 33.5. The fourth-order valence-corrected chi connectivity index (χ4v) is 6.77. The van der Waals surface area contributed by atoms with E-state index in [0.29, 0.717) is 35.0 Å². The van der Waals surface area contributed by atoms with Crippen LogP contribution in [0.2, 0.25) is 0 Å². The van der Waals surface area contributed by atoms with Crippen LogP contribution < -0.4 is 14.4 Å². The predicted molar refractivity (Wildman–Crippen MR) is 167 cm³/mol. The van der Waals surface area contributed by atoms with Crippen molar-refractivity contribution in [2.24, 2.45) is 0 Å². The average molecular weight is 589 g/mol. The quantitative estimate of drug-likeness (QED) is 0.129. The van der Waals surface area contributed by atoms with Crippen LogP contribution >= 0.6 is 11.3 Å². The second kappa shape index (κ2) is 10.7. The maximum atomic E-state index is 13.7. The summed E-state index contributed by atoms with van der Waals surface area (Å²) in [6, 6.07) is 27.5. The largest absolute Gasteiger partial charge is 0.507 e. The third kappa shape index (κ3) is 4.93. The van der Waals surface area contributed by atoms with Crippen LogP contribution in [-0.4, -0.2) is 27.9 Å². The van der Waals surface area contributed by atoms with Crippen molar-refractivity contribution in [1.29, 1.82) is 0 Å². The summed E-state index contributed by atoms with van der Waals surface area (Å²) >= 11 is 1.34. The van der Waals surface area contributed by atoms with Gasteiger partial charge in [-0.3, -0.25) is 14.5 Å². The Kier molecular flexibility index (Phi) is 6.70. The molecule has 0 unspecified atom stereocenters. The SMILES string of the molecule is Cc1ccc2nc(N3C(=O)C(=O)C(=C(O)c4ccc5c(c4)C[C@@H](C)O5)[C@@H]3c3ccc(OCc4ccccc4)cc3)sc2c1. The molecule has 2 atom stereocenters. The van der Waals surface area contributed by atoms with Crippen LogP contribution in [0.1, 0.15) is 40.8 Å². The van der Waals surface area contributed by atoms with Crippen molar-refractivity contribution in [3.05, 3.63) is 124 Å². The Labute approximate surface area is 252 Å². The number of nitrogens with zero attached hydrogens (tertiary/aromatic N) is 2. The van der Waals surface area contributed by atoms with E-state index in [2.05, 4.69) is 0 Å². The number of benzene rings is 4. The lowest BCUT2D eigenvalue weighted by Gasteiger charge is -2.23. The monoisotopic (exact) mass is 588 g/mol. The van der Waals surface area contributed by atoms with E-state index in [1.165, 1.54) is 16.2 Å². The highest BCUT2D eigenvalue weighted by Crippen LogP contribution is 2.45. The van der Waals surface area contributed by atoms with E-state index in [1.54, 1.807) is 12.1 Å². The summed E-state index contributed by atoms with van der Waals surface area (Å²) in [7, 11) is 0. The molecule has 0 radical (unpaired) electrons. The Morgan fingerprint density at radius 3 is 2.60 bits per heavy atom. The smallest absolute Gasteiger partial charge is 0.301 e. The number of anilines is 1. The molecule has 0 saturated carbocycles. The molecular weight excluding hydrogens is 560 g/mol. The van der Waals surface area contributed by atoms with Gasteiger partial charge in [-0.1, -0.05) is 59.9 Å². The number of rotatable bonds is 6. The van der Waals surface area contributed by atoms with Crippen LogP contribution in [0.15, 0.2) is 96.6 Å². The highest BCUT2D eigenvalue weighted by molar-refractivity contribution is 7.22. The Hall–Kier alpha value is -4.95. The predicted octanol–water partition coefficient (Wildman–Crippen LogP) is 7.13. The van der Waals surface area contributed by atoms with Gasteiger partial charge in [0.2, 0.25) is 0 Å². The van der Waals surface area contributed by atoms with Crippen molar-refractivity contribution in [2.45, 2.75) is 39.0 Å². The van der Waals surface area contributed by atoms with Crippen LogP contribution in [0, 0.1) is 6.92 Å². The summed E-state index contributed by atoms with van der Waals surface area (Å²) in [5, 5.41) is 12.0. The van der Waals surface area contributed by atoms with Gasteiger partial charge in [0.1, 0.15) is 30.0 Å². The van der Waals surface area contributed by atoms with Crippen molar-refractivity contribution in [1.82, 2.24) is 4.98 Å². The topological polar surface area (TPSA) is 89.0 Å². The molecule has 1 N–H and O–H groups in total. The van der Waals surface area contributed by atoms with Crippen molar-refractivity contribution >= 4 is 44.1 Å². The van der Waals surface area contributed by atoms with Crippen molar-refractivity contribution in [3.63, 3.8) is 0 Å². The molecule has 0 aliphatic carbocycles. The van der Waals surface area contributed by atoms with Gasteiger partial charge in [-0.2, -0.15) is 0 Å². The molecule has 5 aromatic rings. The zero-order valence-corrected chi connectivity index (χ0v) is 24.4. The first-order chi connectivity index (χ1) is 20.9. The first-order valence-corrected chi connectivity index (χ1v) is 14.9. The molecule has 1 fully saturated rings. The fraction of sp³-hybridized carbons (Fsp3) is 0.171. The van der Waals surface area contributed by atoms with Gasteiger partial charge in [0.15, 0.2) is 5.13 Å². The van der Waals surface area contributed by atoms with Gasteiger partial charge in [0, 0.05) is 12.0 Å². The molecule has 7 nitrogen and oxygen atoms in total. The van der Waals surface area contributed by atoms with Crippen LogP contribution in [0.4, 0.5) is 5.13 Å². The van der Waals surface area contributed by atoms with Crippen LogP contribution in [0.3, 0.4) is 0 Å². The number of aliphatic hydroxyl groups excluding tert-OH is 1. The van der Waals surface area contributed by atoms with E-state index in [9.17, 15) is 14.7 Å². The Morgan fingerprint density at radius 2 is 1.81 bits per heavy atom. The number of amides is 1. The van der Waals surface area contributed by atoms with Crippen molar-refractivity contribution < 1.29 is 24.2 Å². The molecule has 0 spiro atoms. The number of aryl methyl sites for hydroxylation is 1. The highest BCUT2D eigenvalue weighted by atomic mass is 32.1. The van der Waals surface area contributed by atoms with Gasteiger partial charge in [-0.05, 0) is 78.6 Å². The van der Waals surface area contributed by atoms with Crippen LogP contribution in [-0.2, 0) is 22.6 Å². The second-order valence-electron chi connectivity index (χ2n) is 10.9. The molecule has 2 aliphatic rings. The maximum absolute atomic E-state index is 13.7. The van der Waals surface area contributed by atoms with Gasteiger partial charge in [-0.25, -0.2) is 4.98 Å². The zero-order chi connectivity index (χ0) is 29.7. The molecule has 1 aromatic heterocycles. The molecule has 214 valence electrons. The van der Waals surface area contributed by atoms with Gasteiger partial charge in [0.25, 0.3) is 5.78 Å². The van der Waals surface area contributed by atoms with Crippen LogP contribution in [0.5, 0.6) is 11.5 Å². The van der Waals surface area contributed by atoms with E-state index in [4.69, 9.17) is 14.5 Å². The lowest BCUT2D eigenvalue weighted by atomic mass is 9.94. The van der Waals surface area contributed by atoms with Gasteiger partial charge in [0.05, 0.1) is 21.8 Å². The van der Waals surface area contributed by atoms with Gasteiger partial charge in [-0.15, -0.1) is 0 Å². The Bertz CT molecular complexity index is 1910. The number of Topliss-reactive ketones (excluding diaryl/α,β-unsaturated/α-hetero) is 1. The minimum atomic E-state index is -0.881. The molecular formula is C35H28N2O5S. The summed E-state index contributed by atoms with van der Waals surface area (Å²) in [6.07, 6.45) is 0.729. The molecule has 8 heteroatoms. The number of carbonyl (C=O) groups excluding carboxylic acids is 2. The number of fused-ring (bicyclic) bond motifs is 2. The molecule has 4 aromatic carbocycles. The Morgan fingerprint density at radius 1 is 1.02 bits per heavy atom. The number of hydrogen-bond acceptors (Lipinski definition) is 7. The minimum absolute atomic E-state index is 0.0188. The number of aliphatic hydroxyl groups is 1. The van der Waals surface area contributed by atoms with Crippen molar-refractivity contribution in [3.8, 4) is 11.5 Å². The lowest BCUT2D eigenvalue weighted by Crippen LogP contribution is -2.29. The first kappa shape index (κ1) is 26.9. The first-order valence-electron chi connectivity index (χ1n) is 14.1. The summed E-state index contributed by atoms with van der Waals surface area (Å²) in [5.74, 6) is -0.309. The number of thiazole rings is 1. The van der Waals surface area contributed by atoms with Gasteiger partial charge >= 0.3 is 5.91 Å². The summed E-state index contributed by atoms with van der Waals surface area (Å²) < 4.78 is 12.7. The minimum Gasteiger partial charge on any atom is -0.507 e. The standard InChI is InChI=1S/C35H28N2O5S/c1-20-8-14-27-29(16-20)43-35(36-27)37-31(23-9-12-26(13-10-23)41-19-22-6-4-3-5-7-22)30(33(39)34(37)40)32(38)24-11-15-28-25(18-24)17-21(2)42-28/h3-16,18,21,31,38H,17,19H2,1-2H3/t21-,31+/m1/s1. The Balaban J connectivity index is 1.31. The number of aromatic nitrogens is 1. The van der Waals surface area contributed by atoms with E-state index in [1.807, 2.05) is 92.7 Å². The maximum Gasteiger partial charge on any atom is 0.301 e. The third-order valence-corrected chi connectivity index (χ3v) is 8.81. The fourth-order valence-electron chi connectivity index (χ4n) is 5.68. The second-order valence-corrected chi connectivity index (χ2v) is 11.9. The van der Waals surface area contributed by atoms with E-state index >= 15 is 0 Å². The molecule has 2 aliphatic heterocycles. The number of carbonyl (C=O) groups is 2. The number of hydrogen-bond donors (Lipinski definition) is 1. The summed E-state index contributed by atoms with van der Waals surface area (Å²) in [5.41, 5.74) is 4.93. The molecule has 7 rings (SSSR count). The van der Waals surface area contributed by atoms with Crippen molar-refractivity contribution in [2.75, 3.05) is 4.90 Å². The third-order valence-electron chi connectivity index (χ3n) is 7.80. The molecule has 1 saturated heterocycles. The molecule has 0 bridgehead atoms. The molecule has 3 heterocycles. The van der Waals surface area contributed by atoms with Crippen LogP contribution in [0.25, 0.3) is 16.0 Å². The normalized spacial score (nSPS) is 19.1. The number of ketones is 1. The lowest BCUT2D eigenvalue weighted by molar-refractivity contribution is -0.132. The van der Waals surface area contributed by atoms with E-state index in [0.717, 1.165) is 32.7 Å². The van der Waals surface area contributed by atoms with Gasteiger partial charge < -0.3 is 14.6 Å². The van der Waals surface area contributed by atoms with E-state index < -0.39 is 17.7 Å². The highest BCUT2D eigenvalue weighted by Gasteiger charge is 2.48. The summed E-state index contributed by atoms with van der Waals surface area (Å²) in [6.45, 7) is 4.39. The number of ether oxygens (including phenoxy) is 2.